The van der Waals surface area contributed by atoms with Crippen LogP contribution in [0.3, 0.4) is 0 Å². The van der Waals surface area contributed by atoms with Gasteiger partial charge in [-0.05, 0) is 31.2 Å². The van der Waals surface area contributed by atoms with Crippen LogP contribution in [0.2, 0.25) is 0 Å². The zero-order chi connectivity index (χ0) is 14.5. The Balaban J connectivity index is 2.30. The highest BCUT2D eigenvalue weighted by molar-refractivity contribution is 6.02. The third-order valence-corrected chi connectivity index (χ3v) is 3.14. The molecule has 0 radical (unpaired) electrons. The molecule has 1 aromatic carbocycles. The summed E-state index contributed by atoms with van der Waals surface area (Å²) >= 11 is 0. The molecular weight excluding hydrogens is 256 g/mol. The van der Waals surface area contributed by atoms with Gasteiger partial charge in [-0.1, -0.05) is 6.08 Å². The molecule has 1 amide bonds. The molecule has 1 aromatic rings. The van der Waals surface area contributed by atoms with Crippen molar-refractivity contribution in [3.63, 3.8) is 0 Å². The van der Waals surface area contributed by atoms with Crippen LogP contribution in [-0.4, -0.2) is 31.4 Å². The molecule has 20 heavy (non-hydrogen) atoms. The van der Waals surface area contributed by atoms with Crippen molar-refractivity contribution in [1.29, 1.82) is 0 Å². The molecule has 0 saturated heterocycles. The first kappa shape index (κ1) is 14.3. The molecular formula is C15H18N2O3. The van der Waals surface area contributed by atoms with E-state index in [1.54, 1.807) is 29.2 Å². The van der Waals surface area contributed by atoms with Crippen molar-refractivity contribution in [2.75, 3.05) is 24.6 Å². The number of anilines is 1. The summed E-state index contributed by atoms with van der Waals surface area (Å²) < 4.78 is 5.37. The minimum absolute atomic E-state index is 0.0152. The highest BCUT2D eigenvalue weighted by Crippen LogP contribution is 2.33. The highest BCUT2D eigenvalue weighted by Gasteiger charge is 2.25. The van der Waals surface area contributed by atoms with Crippen molar-refractivity contribution < 1.29 is 14.3 Å². The van der Waals surface area contributed by atoms with Gasteiger partial charge < -0.3 is 15.4 Å². The maximum Gasteiger partial charge on any atom is 0.265 e. The fourth-order valence-electron chi connectivity index (χ4n) is 2.11. The number of nitrogens with zero attached hydrogens (tertiary/aromatic N) is 1. The summed E-state index contributed by atoms with van der Waals surface area (Å²) in [7, 11) is 0. The van der Waals surface area contributed by atoms with Crippen LogP contribution in [0.5, 0.6) is 5.75 Å². The largest absolute Gasteiger partial charge is 0.482 e. The number of amides is 1. The van der Waals surface area contributed by atoms with Crippen molar-refractivity contribution in [2.24, 2.45) is 5.73 Å². The van der Waals surface area contributed by atoms with Crippen LogP contribution in [0.25, 0.3) is 0 Å². The molecule has 0 aliphatic carbocycles. The Kier molecular flexibility index (Phi) is 4.53. The third kappa shape index (κ3) is 2.88. The maximum atomic E-state index is 12.0. The number of carbonyl (C=O) groups excluding carboxylic acids is 2. The molecule has 0 saturated carbocycles. The van der Waals surface area contributed by atoms with Gasteiger partial charge in [-0.2, -0.15) is 0 Å². The molecule has 0 aromatic heterocycles. The molecule has 2 rings (SSSR count). The molecule has 106 valence electrons. The summed E-state index contributed by atoms with van der Waals surface area (Å²) in [5, 5.41) is 0. The maximum absolute atomic E-state index is 12.0. The molecule has 0 bridgehead atoms. The Bertz CT molecular complexity index is 540. The molecule has 5 heteroatoms. The van der Waals surface area contributed by atoms with E-state index in [9.17, 15) is 9.59 Å². The van der Waals surface area contributed by atoms with Gasteiger partial charge in [0.15, 0.2) is 12.4 Å². The van der Waals surface area contributed by atoms with Gasteiger partial charge in [-0.15, -0.1) is 6.58 Å². The summed E-state index contributed by atoms with van der Waals surface area (Å²) in [5.41, 5.74) is 6.61. The number of fused-ring (bicyclic) bond motifs is 1. The van der Waals surface area contributed by atoms with Crippen LogP contribution in [0.15, 0.2) is 30.9 Å². The normalized spacial score (nSPS) is 13.7. The van der Waals surface area contributed by atoms with Gasteiger partial charge in [0.25, 0.3) is 5.91 Å². The van der Waals surface area contributed by atoms with Crippen molar-refractivity contribution in [2.45, 2.75) is 12.8 Å². The molecule has 0 atom stereocenters. The van der Waals surface area contributed by atoms with Gasteiger partial charge >= 0.3 is 0 Å². The van der Waals surface area contributed by atoms with Crippen molar-refractivity contribution in [3.05, 3.63) is 36.4 Å². The Morgan fingerprint density at radius 1 is 1.50 bits per heavy atom. The van der Waals surface area contributed by atoms with Gasteiger partial charge in [0, 0.05) is 18.5 Å². The van der Waals surface area contributed by atoms with E-state index in [1.165, 1.54) is 0 Å². The van der Waals surface area contributed by atoms with Crippen LogP contribution in [-0.2, 0) is 4.79 Å². The first-order valence-corrected chi connectivity index (χ1v) is 6.58. The lowest BCUT2D eigenvalue weighted by atomic mass is 10.0. The number of ketones is 1. The molecule has 0 fully saturated rings. The zero-order valence-corrected chi connectivity index (χ0v) is 11.3. The van der Waals surface area contributed by atoms with E-state index < -0.39 is 0 Å². The summed E-state index contributed by atoms with van der Waals surface area (Å²) in [5.74, 6) is 0.501. The zero-order valence-electron chi connectivity index (χ0n) is 11.3. The molecule has 0 spiro atoms. The quantitative estimate of drug-likeness (QED) is 0.630. The predicted octanol–water partition coefficient (Wildman–Crippen LogP) is 1.52. The van der Waals surface area contributed by atoms with E-state index in [0.717, 1.165) is 0 Å². The minimum atomic E-state index is -0.135. The number of hydrogen-bond donors (Lipinski definition) is 1. The van der Waals surface area contributed by atoms with E-state index >= 15 is 0 Å². The molecule has 1 heterocycles. The topological polar surface area (TPSA) is 72.6 Å². The molecule has 1 aliphatic rings. The van der Waals surface area contributed by atoms with E-state index in [4.69, 9.17) is 10.5 Å². The lowest BCUT2D eigenvalue weighted by Gasteiger charge is -2.28. The SMILES string of the molecule is C=CCN1C(=O)COc2ccc(C(=O)CCCN)cc21. The summed E-state index contributed by atoms with van der Waals surface area (Å²) in [6, 6.07) is 5.15. The Hall–Kier alpha value is -2.14. The molecule has 0 unspecified atom stereocenters. The molecule has 1 aliphatic heterocycles. The third-order valence-electron chi connectivity index (χ3n) is 3.14. The Morgan fingerprint density at radius 3 is 3.00 bits per heavy atom. The van der Waals surface area contributed by atoms with Crippen LogP contribution in [0.4, 0.5) is 5.69 Å². The summed E-state index contributed by atoms with van der Waals surface area (Å²) in [6.45, 7) is 4.55. The smallest absolute Gasteiger partial charge is 0.265 e. The Labute approximate surface area is 118 Å². The first-order chi connectivity index (χ1) is 9.67. The fraction of sp³-hybridized carbons (Fsp3) is 0.333. The summed E-state index contributed by atoms with van der Waals surface area (Å²) in [4.78, 5) is 25.4. The fourth-order valence-corrected chi connectivity index (χ4v) is 2.11. The standard InChI is InChI=1S/C15H18N2O3/c1-2-8-17-12-9-11(13(18)4-3-7-16)5-6-14(12)20-10-15(17)19/h2,5-6,9H,1,3-4,7-8,10,16H2. The van der Waals surface area contributed by atoms with E-state index in [-0.39, 0.29) is 18.3 Å². The van der Waals surface area contributed by atoms with E-state index in [1.807, 2.05) is 0 Å². The Morgan fingerprint density at radius 2 is 2.30 bits per heavy atom. The number of hydrogen-bond acceptors (Lipinski definition) is 4. The van der Waals surface area contributed by atoms with Crippen molar-refractivity contribution in [3.8, 4) is 5.75 Å². The second-order valence-electron chi connectivity index (χ2n) is 4.58. The summed E-state index contributed by atoms with van der Waals surface area (Å²) in [6.07, 6.45) is 2.71. The lowest BCUT2D eigenvalue weighted by molar-refractivity contribution is -0.121. The van der Waals surface area contributed by atoms with Gasteiger partial charge in [-0.3, -0.25) is 9.59 Å². The van der Waals surface area contributed by atoms with E-state index in [0.29, 0.717) is 42.9 Å². The second kappa shape index (κ2) is 6.34. The van der Waals surface area contributed by atoms with Crippen LogP contribution >= 0.6 is 0 Å². The number of rotatable bonds is 6. The van der Waals surface area contributed by atoms with Gasteiger partial charge in [0.1, 0.15) is 5.75 Å². The number of Topliss-reactive ketones (excluding diaryl/α,β-unsaturated/α-hetero) is 1. The average molecular weight is 274 g/mol. The van der Waals surface area contributed by atoms with Crippen molar-refractivity contribution >= 4 is 17.4 Å². The lowest BCUT2D eigenvalue weighted by Crippen LogP contribution is -2.38. The highest BCUT2D eigenvalue weighted by atomic mass is 16.5. The number of nitrogens with two attached hydrogens (primary N) is 1. The second-order valence-corrected chi connectivity index (χ2v) is 4.58. The van der Waals surface area contributed by atoms with E-state index in [2.05, 4.69) is 6.58 Å². The number of carbonyl (C=O) groups is 2. The van der Waals surface area contributed by atoms with Crippen molar-refractivity contribution in [1.82, 2.24) is 0 Å². The monoisotopic (exact) mass is 274 g/mol. The first-order valence-electron chi connectivity index (χ1n) is 6.58. The average Bonchev–Trinajstić information content (AvgIpc) is 2.47. The van der Waals surface area contributed by atoms with Gasteiger partial charge in [0.2, 0.25) is 0 Å². The number of benzene rings is 1. The number of ether oxygens (including phenoxy) is 1. The van der Waals surface area contributed by atoms with Crippen LogP contribution in [0, 0.1) is 0 Å². The predicted molar refractivity (Wildman–Crippen MR) is 77.1 cm³/mol. The van der Waals surface area contributed by atoms with Gasteiger partial charge in [-0.25, -0.2) is 0 Å². The van der Waals surface area contributed by atoms with Crippen LogP contribution < -0.4 is 15.4 Å². The minimum Gasteiger partial charge on any atom is -0.482 e. The molecule has 5 nitrogen and oxygen atoms in total. The molecule has 2 N–H and O–H groups in total. The van der Waals surface area contributed by atoms with Gasteiger partial charge in [0.05, 0.1) is 5.69 Å². The van der Waals surface area contributed by atoms with Crippen LogP contribution in [0.1, 0.15) is 23.2 Å².